The van der Waals surface area contributed by atoms with Crippen LogP contribution in [0.1, 0.15) is 12.8 Å². The van der Waals surface area contributed by atoms with Gasteiger partial charge in [0.1, 0.15) is 5.75 Å². The van der Waals surface area contributed by atoms with Crippen molar-refractivity contribution in [1.82, 2.24) is 15.1 Å². The number of carbonyl (C=O) groups is 2. The number of carbonyl (C=O) groups excluding carboxylic acids is 2. The Kier molecular flexibility index (Phi) is 4.29. The van der Waals surface area contributed by atoms with Crippen molar-refractivity contribution >= 4 is 11.9 Å². The molecule has 130 valence electrons. The number of hydrogen-bond donors (Lipinski definition) is 1. The van der Waals surface area contributed by atoms with Gasteiger partial charge in [0, 0.05) is 32.7 Å². The van der Waals surface area contributed by atoms with Crippen molar-refractivity contribution < 1.29 is 23.1 Å². The SMILES string of the molecule is CN1C(=O)NCC12CCN(C(=O)COc1ccc(F)c(F)c1)CC2. The predicted octanol–water partition coefficient (Wildman–Crippen LogP) is 1.36. The third-order valence-corrected chi connectivity index (χ3v) is 4.89. The Labute approximate surface area is 138 Å². The van der Waals surface area contributed by atoms with E-state index in [9.17, 15) is 18.4 Å². The van der Waals surface area contributed by atoms with E-state index in [0.717, 1.165) is 12.1 Å². The van der Waals surface area contributed by atoms with Gasteiger partial charge in [-0.05, 0) is 25.0 Å². The number of benzene rings is 1. The molecule has 2 aliphatic rings. The van der Waals surface area contributed by atoms with Crippen molar-refractivity contribution in [3.8, 4) is 5.75 Å². The molecule has 1 aromatic rings. The minimum absolute atomic E-state index is 0.0866. The molecule has 3 amide bonds. The van der Waals surface area contributed by atoms with E-state index in [1.165, 1.54) is 6.07 Å². The molecule has 0 radical (unpaired) electrons. The quantitative estimate of drug-likeness (QED) is 0.905. The van der Waals surface area contributed by atoms with Crippen LogP contribution in [0.3, 0.4) is 0 Å². The summed E-state index contributed by atoms with van der Waals surface area (Å²) in [4.78, 5) is 27.2. The summed E-state index contributed by atoms with van der Waals surface area (Å²) in [7, 11) is 1.77. The summed E-state index contributed by atoms with van der Waals surface area (Å²) < 4.78 is 31.2. The third-order valence-electron chi connectivity index (χ3n) is 4.89. The number of nitrogens with one attached hydrogen (secondary N) is 1. The molecule has 1 aromatic carbocycles. The van der Waals surface area contributed by atoms with E-state index in [1.807, 2.05) is 0 Å². The summed E-state index contributed by atoms with van der Waals surface area (Å²) in [5.41, 5.74) is -0.227. The van der Waals surface area contributed by atoms with Crippen LogP contribution in [0.4, 0.5) is 13.6 Å². The molecular formula is C16H19F2N3O3. The van der Waals surface area contributed by atoms with Gasteiger partial charge < -0.3 is 19.9 Å². The second-order valence-electron chi connectivity index (χ2n) is 6.19. The average Bonchev–Trinajstić information content (AvgIpc) is 2.85. The highest BCUT2D eigenvalue weighted by atomic mass is 19.2. The monoisotopic (exact) mass is 339 g/mol. The van der Waals surface area contributed by atoms with E-state index in [2.05, 4.69) is 5.32 Å². The molecule has 0 aromatic heterocycles. The second-order valence-corrected chi connectivity index (χ2v) is 6.19. The van der Waals surface area contributed by atoms with Crippen LogP contribution in [0.2, 0.25) is 0 Å². The first kappa shape index (κ1) is 16.5. The standard InChI is InChI=1S/C16H19F2N3O3/c1-20-15(23)19-10-16(20)4-6-21(7-5-16)14(22)9-24-11-2-3-12(17)13(18)8-11/h2-3,8H,4-7,9-10H2,1H3,(H,19,23). The summed E-state index contributed by atoms with van der Waals surface area (Å²) in [6, 6.07) is 3.07. The number of likely N-dealkylation sites (tertiary alicyclic amines) is 1. The molecule has 2 heterocycles. The van der Waals surface area contributed by atoms with E-state index in [1.54, 1.807) is 16.8 Å². The van der Waals surface area contributed by atoms with Gasteiger partial charge in [0.15, 0.2) is 18.2 Å². The Morgan fingerprint density at radius 2 is 2.00 bits per heavy atom. The summed E-state index contributed by atoms with van der Waals surface area (Å²) in [5.74, 6) is -2.07. The van der Waals surface area contributed by atoms with Crippen LogP contribution in [0, 0.1) is 11.6 Å². The molecule has 0 bridgehead atoms. The van der Waals surface area contributed by atoms with Crippen molar-refractivity contribution in [2.75, 3.05) is 33.3 Å². The number of nitrogens with zero attached hydrogens (tertiary/aromatic N) is 2. The topological polar surface area (TPSA) is 61.9 Å². The van der Waals surface area contributed by atoms with Gasteiger partial charge in [-0.2, -0.15) is 0 Å². The number of amides is 3. The van der Waals surface area contributed by atoms with E-state index < -0.39 is 11.6 Å². The molecule has 1 spiro atoms. The van der Waals surface area contributed by atoms with Crippen molar-refractivity contribution in [3.63, 3.8) is 0 Å². The zero-order valence-electron chi connectivity index (χ0n) is 13.3. The minimum atomic E-state index is -1.01. The lowest BCUT2D eigenvalue weighted by molar-refractivity contribution is -0.135. The molecule has 2 fully saturated rings. The maximum absolute atomic E-state index is 13.1. The van der Waals surface area contributed by atoms with E-state index in [4.69, 9.17) is 4.74 Å². The Balaban J connectivity index is 1.52. The summed E-state index contributed by atoms with van der Waals surface area (Å²) in [6.07, 6.45) is 1.39. The highest BCUT2D eigenvalue weighted by molar-refractivity contribution is 5.79. The maximum Gasteiger partial charge on any atom is 0.317 e. The van der Waals surface area contributed by atoms with Crippen LogP contribution in [0.5, 0.6) is 5.75 Å². The molecule has 0 unspecified atom stereocenters. The molecular weight excluding hydrogens is 320 g/mol. The number of likely N-dealkylation sites (N-methyl/N-ethyl adjacent to an activating group) is 1. The van der Waals surface area contributed by atoms with Crippen LogP contribution in [-0.4, -0.2) is 60.6 Å². The summed E-state index contributed by atoms with van der Waals surface area (Å²) in [5, 5.41) is 2.82. The number of rotatable bonds is 3. The molecule has 6 nitrogen and oxygen atoms in total. The lowest BCUT2D eigenvalue weighted by Crippen LogP contribution is -2.54. The van der Waals surface area contributed by atoms with Crippen molar-refractivity contribution in [1.29, 1.82) is 0 Å². The lowest BCUT2D eigenvalue weighted by Gasteiger charge is -2.42. The number of halogens is 2. The molecule has 2 aliphatic heterocycles. The largest absolute Gasteiger partial charge is 0.484 e. The van der Waals surface area contributed by atoms with Gasteiger partial charge in [0.25, 0.3) is 5.91 Å². The molecule has 0 saturated carbocycles. The number of hydrogen-bond acceptors (Lipinski definition) is 3. The van der Waals surface area contributed by atoms with Gasteiger partial charge >= 0.3 is 6.03 Å². The Hall–Kier alpha value is -2.38. The van der Waals surface area contributed by atoms with E-state index >= 15 is 0 Å². The number of piperidine rings is 1. The second kappa shape index (κ2) is 6.26. The zero-order valence-corrected chi connectivity index (χ0v) is 13.3. The maximum atomic E-state index is 13.1. The van der Waals surface area contributed by atoms with Crippen molar-refractivity contribution in [3.05, 3.63) is 29.8 Å². The normalized spacial score (nSPS) is 19.5. The first-order chi connectivity index (χ1) is 11.4. The van der Waals surface area contributed by atoms with Crippen LogP contribution >= 0.6 is 0 Å². The number of urea groups is 1. The van der Waals surface area contributed by atoms with Crippen LogP contribution in [0.15, 0.2) is 18.2 Å². The van der Waals surface area contributed by atoms with Gasteiger partial charge in [0.05, 0.1) is 5.54 Å². The van der Waals surface area contributed by atoms with Gasteiger partial charge in [0.2, 0.25) is 0 Å². The minimum Gasteiger partial charge on any atom is -0.484 e. The lowest BCUT2D eigenvalue weighted by atomic mass is 9.87. The smallest absolute Gasteiger partial charge is 0.317 e. The van der Waals surface area contributed by atoms with Gasteiger partial charge in [-0.25, -0.2) is 13.6 Å². The zero-order chi connectivity index (χ0) is 17.3. The fourth-order valence-corrected chi connectivity index (χ4v) is 3.18. The first-order valence-electron chi connectivity index (χ1n) is 7.79. The van der Waals surface area contributed by atoms with Crippen LogP contribution < -0.4 is 10.1 Å². The highest BCUT2D eigenvalue weighted by Crippen LogP contribution is 2.30. The molecule has 2 saturated heterocycles. The Bertz CT molecular complexity index is 660. The summed E-state index contributed by atoms with van der Waals surface area (Å²) in [6.45, 7) is 1.42. The van der Waals surface area contributed by atoms with E-state index in [-0.39, 0.29) is 29.8 Å². The van der Waals surface area contributed by atoms with Gasteiger partial charge in [-0.3, -0.25) is 4.79 Å². The predicted molar refractivity (Wildman–Crippen MR) is 81.6 cm³/mol. The molecule has 8 heteroatoms. The molecule has 0 atom stereocenters. The van der Waals surface area contributed by atoms with Crippen LogP contribution in [0.25, 0.3) is 0 Å². The molecule has 24 heavy (non-hydrogen) atoms. The first-order valence-corrected chi connectivity index (χ1v) is 7.79. The van der Waals surface area contributed by atoms with Gasteiger partial charge in [-0.15, -0.1) is 0 Å². The Morgan fingerprint density at radius 1 is 1.29 bits per heavy atom. The molecule has 3 rings (SSSR count). The fraction of sp³-hybridized carbons (Fsp3) is 0.500. The fourth-order valence-electron chi connectivity index (χ4n) is 3.18. The molecule has 0 aliphatic carbocycles. The van der Waals surface area contributed by atoms with Crippen molar-refractivity contribution in [2.45, 2.75) is 18.4 Å². The number of ether oxygens (including phenoxy) is 1. The van der Waals surface area contributed by atoms with Gasteiger partial charge in [-0.1, -0.05) is 0 Å². The van der Waals surface area contributed by atoms with E-state index in [0.29, 0.717) is 32.5 Å². The molecule has 1 N–H and O–H groups in total. The summed E-state index contributed by atoms with van der Waals surface area (Å²) >= 11 is 0. The van der Waals surface area contributed by atoms with Crippen molar-refractivity contribution in [2.24, 2.45) is 0 Å². The third kappa shape index (κ3) is 3.00. The highest BCUT2D eigenvalue weighted by Gasteiger charge is 2.45. The average molecular weight is 339 g/mol. The van der Waals surface area contributed by atoms with Crippen LogP contribution in [-0.2, 0) is 4.79 Å². The Morgan fingerprint density at radius 3 is 2.58 bits per heavy atom.